The summed E-state index contributed by atoms with van der Waals surface area (Å²) in [6.45, 7) is 7.56. The molecule has 1 aromatic heterocycles. The Morgan fingerprint density at radius 1 is 0.963 bits per heavy atom. The number of nitrogens with zero attached hydrogens (tertiary/aromatic N) is 1. The summed E-state index contributed by atoms with van der Waals surface area (Å²) < 4.78 is 12.0. The van der Waals surface area contributed by atoms with Crippen LogP contribution < -0.4 is 4.74 Å². The van der Waals surface area contributed by atoms with Gasteiger partial charge in [0.15, 0.2) is 11.6 Å². The number of aromatic nitrogens is 1. The fourth-order valence-electron chi connectivity index (χ4n) is 3.30. The van der Waals surface area contributed by atoms with Gasteiger partial charge in [-0.25, -0.2) is 0 Å². The van der Waals surface area contributed by atoms with Gasteiger partial charge in [-0.3, -0.25) is 14.4 Å². The molecule has 0 N–H and O–H groups in total. The molecule has 2 aromatic rings. The summed E-state index contributed by atoms with van der Waals surface area (Å²) in [4.78, 5) is 36.4. The number of ketones is 2. The predicted molar refractivity (Wildman–Crippen MR) is 102 cm³/mol. The van der Waals surface area contributed by atoms with Gasteiger partial charge in [0, 0.05) is 34.6 Å². The van der Waals surface area contributed by atoms with Crippen LogP contribution in [0.3, 0.4) is 0 Å². The van der Waals surface area contributed by atoms with Crippen molar-refractivity contribution in [2.24, 2.45) is 0 Å². The van der Waals surface area contributed by atoms with E-state index < -0.39 is 5.97 Å². The molecule has 2 rings (SSSR count). The molecule has 1 heterocycles. The van der Waals surface area contributed by atoms with Crippen LogP contribution in [0.15, 0.2) is 24.3 Å². The molecular weight excluding hydrogens is 346 g/mol. The summed E-state index contributed by atoms with van der Waals surface area (Å²) in [7, 11) is 1.28. The van der Waals surface area contributed by atoms with E-state index >= 15 is 0 Å². The van der Waals surface area contributed by atoms with Crippen LogP contribution in [-0.2, 0) is 9.53 Å². The van der Waals surface area contributed by atoms with Crippen molar-refractivity contribution in [2.45, 2.75) is 40.5 Å². The zero-order valence-corrected chi connectivity index (χ0v) is 16.4. The summed E-state index contributed by atoms with van der Waals surface area (Å²) in [5.74, 6) is -0.115. The number of esters is 1. The second-order valence-electron chi connectivity index (χ2n) is 6.24. The van der Waals surface area contributed by atoms with Crippen LogP contribution >= 0.6 is 0 Å². The van der Waals surface area contributed by atoms with Gasteiger partial charge in [-0.05, 0) is 52.0 Å². The molecule has 27 heavy (non-hydrogen) atoms. The minimum Gasteiger partial charge on any atom is -0.494 e. The molecule has 0 saturated heterocycles. The third-order valence-electron chi connectivity index (χ3n) is 4.47. The molecule has 0 bridgehead atoms. The Hall–Kier alpha value is -2.89. The molecule has 0 fully saturated rings. The fourth-order valence-corrected chi connectivity index (χ4v) is 3.30. The molecule has 0 radical (unpaired) electrons. The van der Waals surface area contributed by atoms with Gasteiger partial charge in [0.25, 0.3) is 0 Å². The van der Waals surface area contributed by atoms with E-state index in [0.29, 0.717) is 29.1 Å². The number of carbonyl (C=O) groups is 3. The summed E-state index contributed by atoms with van der Waals surface area (Å²) >= 11 is 0. The van der Waals surface area contributed by atoms with Crippen molar-refractivity contribution in [2.75, 3.05) is 13.7 Å². The number of Topliss-reactive ketones (excluding diaryl/α,β-unsaturated/α-hetero) is 2. The van der Waals surface area contributed by atoms with Crippen molar-refractivity contribution in [3.05, 3.63) is 46.8 Å². The zero-order valence-electron chi connectivity index (χ0n) is 16.4. The van der Waals surface area contributed by atoms with Crippen LogP contribution in [0.25, 0.3) is 5.69 Å². The molecule has 0 aliphatic carbocycles. The molecule has 0 spiro atoms. The van der Waals surface area contributed by atoms with Gasteiger partial charge in [-0.1, -0.05) is 0 Å². The largest absolute Gasteiger partial charge is 0.494 e. The molecule has 6 heteroatoms. The van der Waals surface area contributed by atoms with Gasteiger partial charge in [-0.2, -0.15) is 0 Å². The molecule has 0 aliphatic rings. The number of carbonyl (C=O) groups excluding carboxylic acids is 3. The highest BCUT2D eigenvalue weighted by Crippen LogP contribution is 2.29. The van der Waals surface area contributed by atoms with E-state index in [9.17, 15) is 14.4 Å². The first kappa shape index (κ1) is 20.4. The fraction of sp³-hybridized carbons (Fsp3) is 0.381. The lowest BCUT2D eigenvalue weighted by Crippen LogP contribution is -2.10. The summed E-state index contributed by atoms with van der Waals surface area (Å²) in [6.07, 6.45) is -0.0140. The number of methoxy groups -OCH3 is 1. The Balaban J connectivity index is 2.49. The SMILES string of the molecule is CCOc1ccc(-n2c(C)c(C(C)=O)c(C(=O)CCC(=O)OC)c2C)cc1. The first-order valence-corrected chi connectivity index (χ1v) is 8.87. The maximum atomic E-state index is 12.8. The smallest absolute Gasteiger partial charge is 0.305 e. The molecule has 0 atom stereocenters. The van der Waals surface area contributed by atoms with Gasteiger partial charge >= 0.3 is 5.97 Å². The highest BCUT2D eigenvalue weighted by molar-refractivity contribution is 6.10. The number of benzene rings is 1. The van der Waals surface area contributed by atoms with Crippen LogP contribution in [0.2, 0.25) is 0 Å². The van der Waals surface area contributed by atoms with Crippen molar-refractivity contribution in [1.29, 1.82) is 0 Å². The lowest BCUT2D eigenvalue weighted by Gasteiger charge is -2.11. The molecular formula is C21H25NO5. The summed E-state index contributed by atoms with van der Waals surface area (Å²) in [5.41, 5.74) is 2.99. The van der Waals surface area contributed by atoms with E-state index in [1.807, 2.05) is 42.7 Å². The summed E-state index contributed by atoms with van der Waals surface area (Å²) in [5, 5.41) is 0. The molecule has 0 saturated carbocycles. The molecule has 0 unspecified atom stereocenters. The van der Waals surface area contributed by atoms with E-state index in [1.54, 1.807) is 6.92 Å². The third kappa shape index (κ3) is 4.27. The Morgan fingerprint density at radius 2 is 1.56 bits per heavy atom. The van der Waals surface area contributed by atoms with Crippen LogP contribution in [0.5, 0.6) is 5.75 Å². The van der Waals surface area contributed by atoms with Crippen molar-refractivity contribution in [3.8, 4) is 11.4 Å². The first-order chi connectivity index (χ1) is 12.8. The van der Waals surface area contributed by atoms with Gasteiger partial charge in [0.1, 0.15) is 5.75 Å². The number of hydrogen-bond donors (Lipinski definition) is 0. The van der Waals surface area contributed by atoms with Crippen molar-refractivity contribution >= 4 is 17.5 Å². The number of hydrogen-bond acceptors (Lipinski definition) is 5. The molecule has 144 valence electrons. The topological polar surface area (TPSA) is 74.6 Å². The van der Waals surface area contributed by atoms with Crippen molar-refractivity contribution in [1.82, 2.24) is 4.57 Å². The number of rotatable bonds is 8. The molecule has 1 aromatic carbocycles. The highest BCUT2D eigenvalue weighted by atomic mass is 16.5. The highest BCUT2D eigenvalue weighted by Gasteiger charge is 2.26. The number of ether oxygens (including phenoxy) is 2. The Bertz CT molecular complexity index is 862. The van der Waals surface area contributed by atoms with Gasteiger partial charge < -0.3 is 14.0 Å². The van der Waals surface area contributed by atoms with E-state index in [-0.39, 0.29) is 24.4 Å². The second-order valence-corrected chi connectivity index (χ2v) is 6.24. The Labute approximate surface area is 159 Å². The van der Waals surface area contributed by atoms with Crippen LogP contribution in [0, 0.1) is 13.8 Å². The van der Waals surface area contributed by atoms with E-state index in [1.165, 1.54) is 14.0 Å². The van der Waals surface area contributed by atoms with Crippen molar-refractivity contribution in [3.63, 3.8) is 0 Å². The van der Waals surface area contributed by atoms with E-state index in [0.717, 1.165) is 11.4 Å². The van der Waals surface area contributed by atoms with Gasteiger partial charge in [-0.15, -0.1) is 0 Å². The second kappa shape index (κ2) is 8.66. The van der Waals surface area contributed by atoms with Gasteiger partial charge in [0.05, 0.1) is 20.1 Å². The van der Waals surface area contributed by atoms with E-state index in [2.05, 4.69) is 4.74 Å². The minimum absolute atomic E-state index is 0.000520. The molecule has 0 amide bonds. The Morgan fingerprint density at radius 3 is 2.07 bits per heavy atom. The quantitative estimate of drug-likeness (QED) is 0.521. The normalized spacial score (nSPS) is 10.6. The van der Waals surface area contributed by atoms with E-state index in [4.69, 9.17) is 4.74 Å². The predicted octanol–water partition coefficient (Wildman–Crippen LogP) is 3.83. The monoisotopic (exact) mass is 371 g/mol. The third-order valence-corrected chi connectivity index (χ3v) is 4.47. The average molecular weight is 371 g/mol. The lowest BCUT2D eigenvalue weighted by molar-refractivity contribution is -0.140. The molecule has 6 nitrogen and oxygen atoms in total. The summed E-state index contributed by atoms with van der Waals surface area (Å²) in [6, 6.07) is 7.48. The maximum Gasteiger partial charge on any atom is 0.305 e. The van der Waals surface area contributed by atoms with Crippen LogP contribution in [0.4, 0.5) is 0 Å². The first-order valence-electron chi connectivity index (χ1n) is 8.87. The van der Waals surface area contributed by atoms with Gasteiger partial charge in [0.2, 0.25) is 0 Å². The lowest BCUT2D eigenvalue weighted by atomic mass is 9.99. The molecule has 0 aliphatic heterocycles. The maximum absolute atomic E-state index is 12.8. The standard InChI is InChI=1S/C21H25NO5/c1-6-27-17-9-7-16(8-10-17)22-13(2)20(15(4)23)21(14(22)3)18(24)11-12-19(25)26-5/h7-10H,6,11-12H2,1-5H3. The average Bonchev–Trinajstić information content (AvgIpc) is 2.91. The minimum atomic E-state index is -0.451. The Kier molecular flexibility index (Phi) is 6.55. The zero-order chi connectivity index (χ0) is 20.1. The van der Waals surface area contributed by atoms with Crippen LogP contribution in [0.1, 0.15) is 58.8 Å². The van der Waals surface area contributed by atoms with Crippen LogP contribution in [-0.4, -0.2) is 35.8 Å². The van der Waals surface area contributed by atoms with Crippen molar-refractivity contribution < 1.29 is 23.9 Å².